The molecule has 2 N–H and O–H groups in total. The maximum Gasteiger partial charge on any atom is 0.303 e. The van der Waals surface area contributed by atoms with Crippen molar-refractivity contribution in [2.45, 2.75) is 12.8 Å². The maximum absolute atomic E-state index is 11.9. The van der Waals surface area contributed by atoms with Crippen molar-refractivity contribution in [1.29, 1.82) is 0 Å². The number of allylic oxidation sites excluding steroid dienone is 4. The second-order valence-electron chi connectivity index (χ2n) is 4.84. The SMILES string of the molecule is O=C(O)CC1CC=CC(=O)C1=C(O)C=Cc1ccccc1. The fourth-order valence-electron chi connectivity index (χ4n) is 2.31. The number of benzene rings is 1. The van der Waals surface area contributed by atoms with Crippen LogP contribution in [0.3, 0.4) is 0 Å². The molecule has 108 valence electrons. The zero-order valence-corrected chi connectivity index (χ0v) is 11.4. The molecule has 0 amide bonds. The Bertz CT molecular complexity index is 623. The van der Waals surface area contributed by atoms with E-state index >= 15 is 0 Å². The Labute approximate surface area is 122 Å². The molecule has 0 radical (unpaired) electrons. The molecule has 0 fully saturated rings. The molecular formula is C17H16O4. The van der Waals surface area contributed by atoms with Gasteiger partial charge in [-0.15, -0.1) is 0 Å². The van der Waals surface area contributed by atoms with Crippen LogP contribution >= 0.6 is 0 Å². The zero-order valence-electron chi connectivity index (χ0n) is 11.4. The van der Waals surface area contributed by atoms with Crippen molar-refractivity contribution in [3.63, 3.8) is 0 Å². The van der Waals surface area contributed by atoms with Gasteiger partial charge in [-0.1, -0.05) is 42.5 Å². The fourth-order valence-corrected chi connectivity index (χ4v) is 2.31. The first-order chi connectivity index (χ1) is 10.1. The average Bonchev–Trinajstić information content (AvgIpc) is 2.45. The number of aliphatic carboxylic acids is 1. The summed E-state index contributed by atoms with van der Waals surface area (Å²) in [5, 5.41) is 19.0. The molecule has 1 aliphatic carbocycles. The van der Waals surface area contributed by atoms with Gasteiger partial charge in [-0.2, -0.15) is 0 Å². The maximum atomic E-state index is 11.9. The van der Waals surface area contributed by atoms with Crippen LogP contribution in [0.4, 0.5) is 0 Å². The van der Waals surface area contributed by atoms with E-state index in [9.17, 15) is 14.7 Å². The zero-order chi connectivity index (χ0) is 15.2. The first-order valence-electron chi connectivity index (χ1n) is 6.67. The second kappa shape index (κ2) is 6.70. The number of aliphatic hydroxyl groups excluding tert-OH is 1. The summed E-state index contributed by atoms with van der Waals surface area (Å²) in [6, 6.07) is 9.35. The molecule has 4 nitrogen and oxygen atoms in total. The predicted octanol–water partition coefficient (Wildman–Crippen LogP) is 3.13. The number of carbonyl (C=O) groups is 2. The molecule has 1 unspecified atom stereocenters. The van der Waals surface area contributed by atoms with Crippen LogP contribution in [0.15, 0.2) is 59.9 Å². The minimum atomic E-state index is -0.986. The lowest BCUT2D eigenvalue weighted by Crippen LogP contribution is -2.20. The highest BCUT2D eigenvalue weighted by Crippen LogP contribution is 2.28. The molecule has 21 heavy (non-hydrogen) atoms. The van der Waals surface area contributed by atoms with Gasteiger partial charge in [-0.3, -0.25) is 9.59 Å². The quantitative estimate of drug-likeness (QED) is 0.658. The number of carbonyl (C=O) groups excluding carboxylic acids is 1. The third-order valence-corrected chi connectivity index (χ3v) is 3.29. The summed E-state index contributed by atoms with van der Waals surface area (Å²) in [4.78, 5) is 22.8. The van der Waals surface area contributed by atoms with Gasteiger partial charge in [0.1, 0.15) is 5.76 Å². The highest BCUT2D eigenvalue weighted by Gasteiger charge is 2.27. The van der Waals surface area contributed by atoms with E-state index < -0.39 is 11.9 Å². The molecule has 0 saturated carbocycles. The van der Waals surface area contributed by atoms with Crippen molar-refractivity contribution in [3.05, 3.63) is 65.5 Å². The summed E-state index contributed by atoms with van der Waals surface area (Å²) in [7, 11) is 0. The van der Waals surface area contributed by atoms with Crippen molar-refractivity contribution in [2.75, 3.05) is 0 Å². The molecule has 0 spiro atoms. The number of aliphatic hydroxyl groups is 1. The minimum Gasteiger partial charge on any atom is -0.508 e. The number of carboxylic acid groups (broad SMARTS) is 1. The van der Waals surface area contributed by atoms with E-state index in [2.05, 4.69) is 0 Å². The third-order valence-electron chi connectivity index (χ3n) is 3.29. The number of hydrogen-bond donors (Lipinski definition) is 2. The van der Waals surface area contributed by atoms with Crippen LogP contribution in [-0.4, -0.2) is 22.0 Å². The van der Waals surface area contributed by atoms with Crippen molar-refractivity contribution >= 4 is 17.8 Å². The van der Waals surface area contributed by atoms with Gasteiger partial charge in [0.15, 0.2) is 5.78 Å². The lowest BCUT2D eigenvalue weighted by Gasteiger charge is -2.19. The number of rotatable bonds is 4. The highest BCUT2D eigenvalue weighted by molar-refractivity contribution is 6.06. The molecule has 2 rings (SSSR count). The lowest BCUT2D eigenvalue weighted by atomic mass is 9.84. The van der Waals surface area contributed by atoms with E-state index in [1.54, 1.807) is 12.2 Å². The first kappa shape index (κ1) is 14.8. The molecule has 0 heterocycles. The van der Waals surface area contributed by atoms with Crippen LogP contribution in [0.5, 0.6) is 0 Å². The summed E-state index contributed by atoms with van der Waals surface area (Å²) < 4.78 is 0. The van der Waals surface area contributed by atoms with Crippen LogP contribution in [-0.2, 0) is 9.59 Å². The first-order valence-corrected chi connectivity index (χ1v) is 6.67. The van der Waals surface area contributed by atoms with Gasteiger partial charge in [-0.05, 0) is 24.1 Å². The van der Waals surface area contributed by atoms with Crippen LogP contribution in [0.2, 0.25) is 0 Å². The van der Waals surface area contributed by atoms with Gasteiger partial charge < -0.3 is 10.2 Å². The highest BCUT2D eigenvalue weighted by atomic mass is 16.4. The molecule has 1 atom stereocenters. The van der Waals surface area contributed by atoms with Gasteiger partial charge in [0.2, 0.25) is 0 Å². The van der Waals surface area contributed by atoms with Gasteiger partial charge in [0, 0.05) is 11.5 Å². The topological polar surface area (TPSA) is 74.6 Å². The Hall–Kier alpha value is -2.62. The molecule has 0 bridgehead atoms. The van der Waals surface area contributed by atoms with Gasteiger partial charge >= 0.3 is 5.97 Å². The lowest BCUT2D eigenvalue weighted by molar-refractivity contribution is -0.137. The van der Waals surface area contributed by atoms with Crippen molar-refractivity contribution in [2.24, 2.45) is 5.92 Å². The standard InChI is InChI=1S/C17H16O4/c18-14-8-4-7-13(11-16(20)21)17(14)15(19)10-9-12-5-2-1-3-6-12/h1-6,8-10,13,19H,7,11H2,(H,20,21). The molecule has 1 aromatic carbocycles. The molecule has 1 aromatic rings. The summed E-state index contributed by atoms with van der Waals surface area (Å²) in [5.41, 5.74) is 1.06. The molecule has 0 aromatic heterocycles. The van der Waals surface area contributed by atoms with Crippen LogP contribution in [0, 0.1) is 5.92 Å². The monoisotopic (exact) mass is 284 g/mol. The van der Waals surface area contributed by atoms with Gasteiger partial charge in [0.25, 0.3) is 0 Å². The van der Waals surface area contributed by atoms with Crippen LogP contribution in [0.25, 0.3) is 6.08 Å². The van der Waals surface area contributed by atoms with Gasteiger partial charge in [0.05, 0.1) is 6.42 Å². The van der Waals surface area contributed by atoms with Crippen molar-refractivity contribution in [3.8, 4) is 0 Å². The second-order valence-corrected chi connectivity index (χ2v) is 4.84. The van der Waals surface area contributed by atoms with Crippen molar-refractivity contribution < 1.29 is 19.8 Å². The summed E-state index contributed by atoms with van der Waals surface area (Å²) in [6.07, 6.45) is 6.42. The molecule has 0 aliphatic heterocycles. The predicted molar refractivity (Wildman–Crippen MR) is 79.6 cm³/mol. The summed E-state index contributed by atoms with van der Waals surface area (Å²) in [5.74, 6) is -1.97. The normalized spacial score (nSPS) is 20.8. The van der Waals surface area contributed by atoms with Gasteiger partial charge in [-0.25, -0.2) is 0 Å². The van der Waals surface area contributed by atoms with E-state index in [1.807, 2.05) is 30.3 Å². The molecule has 1 aliphatic rings. The smallest absolute Gasteiger partial charge is 0.303 e. The Kier molecular flexibility index (Phi) is 4.72. The Balaban J connectivity index is 2.28. The number of ketones is 1. The molecule has 0 saturated heterocycles. The van der Waals surface area contributed by atoms with Crippen LogP contribution in [0.1, 0.15) is 18.4 Å². The average molecular weight is 284 g/mol. The van der Waals surface area contributed by atoms with Crippen molar-refractivity contribution in [1.82, 2.24) is 0 Å². The van der Waals surface area contributed by atoms with E-state index in [-0.39, 0.29) is 23.5 Å². The Morgan fingerprint density at radius 1 is 1.24 bits per heavy atom. The Morgan fingerprint density at radius 2 is 1.95 bits per heavy atom. The Morgan fingerprint density at radius 3 is 2.62 bits per heavy atom. The minimum absolute atomic E-state index is 0.167. The van der Waals surface area contributed by atoms with E-state index in [0.717, 1.165) is 5.56 Å². The number of hydrogen-bond acceptors (Lipinski definition) is 3. The van der Waals surface area contributed by atoms with E-state index in [4.69, 9.17) is 5.11 Å². The van der Waals surface area contributed by atoms with Crippen LogP contribution < -0.4 is 0 Å². The molecular weight excluding hydrogens is 268 g/mol. The number of carboxylic acids is 1. The fraction of sp³-hybridized carbons (Fsp3) is 0.176. The summed E-state index contributed by atoms with van der Waals surface area (Å²) in [6.45, 7) is 0. The third kappa shape index (κ3) is 3.92. The van der Waals surface area contributed by atoms with E-state index in [0.29, 0.717) is 6.42 Å². The molecule has 4 heteroatoms. The largest absolute Gasteiger partial charge is 0.508 e. The van der Waals surface area contributed by atoms with E-state index in [1.165, 1.54) is 12.2 Å². The summed E-state index contributed by atoms with van der Waals surface area (Å²) >= 11 is 0.